The van der Waals surface area contributed by atoms with Gasteiger partial charge in [-0.2, -0.15) is 15.3 Å². The number of aryl methyl sites for hydroxylation is 1. The molecular formula is C19H25FN6O2. The quantitative estimate of drug-likeness (QED) is 0.783. The summed E-state index contributed by atoms with van der Waals surface area (Å²) in [5, 5.41) is 26.2. The zero-order valence-corrected chi connectivity index (χ0v) is 16.3. The van der Waals surface area contributed by atoms with E-state index < -0.39 is 17.8 Å². The van der Waals surface area contributed by atoms with Gasteiger partial charge in [0.2, 0.25) is 11.8 Å². The minimum atomic E-state index is -1.19. The van der Waals surface area contributed by atoms with Crippen LogP contribution in [-0.2, 0) is 5.54 Å². The minimum absolute atomic E-state index is 0.0541. The van der Waals surface area contributed by atoms with Gasteiger partial charge in [0, 0.05) is 12.3 Å². The summed E-state index contributed by atoms with van der Waals surface area (Å²) in [4.78, 5) is 8.52. The number of nitriles is 1. The Hall–Kier alpha value is -2.73. The molecule has 0 amide bonds. The van der Waals surface area contributed by atoms with Crippen molar-refractivity contribution < 1.29 is 14.2 Å². The molecule has 0 radical (unpaired) electrons. The number of nitrogens with zero attached hydrogens (tertiary/aromatic N) is 5. The minimum Gasteiger partial charge on any atom is -0.477 e. The third-order valence-electron chi connectivity index (χ3n) is 4.94. The summed E-state index contributed by atoms with van der Waals surface area (Å²) < 4.78 is 20.9. The standard InChI is InChI=1S/C19H25FN6O2/c1-12-15(9-26(25-12)19(2,3)11-21)23-18-22-7-6-17(24-18)28-10-13-4-5-16(27)14(20)8-13/h6-7,9,13-14,16,27H,4-5,8,10H2,1-3H3,(H,22,23,24)/t13-,14-,16-/m1/s1. The molecule has 3 atom stereocenters. The van der Waals surface area contributed by atoms with Gasteiger partial charge >= 0.3 is 0 Å². The number of hydrogen-bond donors (Lipinski definition) is 2. The molecule has 0 spiro atoms. The van der Waals surface area contributed by atoms with Crippen LogP contribution in [0.25, 0.3) is 0 Å². The first-order valence-electron chi connectivity index (χ1n) is 9.31. The van der Waals surface area contributed by atoms with Gasteiger partial charge in [-0.1, -0.05) is 0 Å². The average Bonchev–Trinajstić information content (AvgIpc) is 3.04. The molecule has 2 aromatic rings. The van der Waals surface area contributed by atoms with Crippen LogP contribution in [0.3, 0.4) is 0 Å². The molecule has 0 aromatic carbocycles. The number of rotatable bonds is 6. The van der Waals surface area contributed by atoms with Crippen molar-refractivity contribution in [3.8, 4) is 11.9 Å². The Morgan fingerprint density at radius 1 is 1.46 bits per heavy atom. The van der Waals surface area contributed by atoms with Crippen molar-refractivity contribution in [2.45, 2.75) is 57.8 Å². The molecule has 2 N–H and O–H groups in total. The third kappa shape index (κ3) is 4.57. The maximum absolute atomic E-state index is 13.6. The van der Waals surface area contributed by atoms with Crippen molar-refractivity contribution >= 4 is 11.6 Å². The molecule has 8 nitrogen and oxygen atoms in total. The molecule has 2 aromatic heterocycles. The number of halogens is 1. The van der Waals surface area contributed by atoms with Crippen molar-refractivity contribution in [3.63, 3.8) is 0 Å². The van der Waals surface area contributed by atoms with E-state index in [9.17, 15) is 14.8 Å². The summed E-state index contributed by atoms with van der Waals surface area (Å²) in [6.07, 6.45) is 2.74. The van der Waals surface area contributed by atoms with Crippen LogP contribution in [0.5, 0.6) is 5.88 Å². The zero-order chi connectivity index (χ0) is 20.3. The van der Waals surface area contributed by atoms with Gasteiger partial charge < -0.3 is 15.2 Å². The van der Waals surface area contributed by atoms with Crippen LogP contribution in [0.15, 0.2) is 18.5 Å². The van der Waals surface area contributed by atoms with E-state index in [1.54, 1.807) is 37.0 Å². The summed E-state index contributed by atoms with van der Waals surface area (Å²) in [5.74, 6) is 0.789. The largest absolute Gasteiger partial charge is 0.477 e. The lowest BCUT2D eigenvalue weighted by Gasteiger charge is -2.28. The SMILES string of the molecule is Cc1nn(C(C)(C)C#N)cc1Nc1nccc(OC[C@@H]2CC[C@@H](O)[C@H](F)C2)n1. The van der Waals surface area contributed by atoms with Crippen LogP contribution in [-0.4, -0.2) is 43.7 Å². The van der Waals surface area contributed by atoms with Crippen LogP contribution in [0, 0.1) is 24.2 Å². The summed E-state index contributed by atoms with van der Waals surface area (Å²) in [5.41, 5.74) is 0.647. The second-order valence-corrected chi connectivity index (χ2v) is 7.66. The number of ether oxygens (including phenoxy) is 1. The Morgan fingerprint density at radius 3 is 2.96 bits per heavy atom. The normalized spacial score (nSPS) is 22.5. The van der Waals surface area contributed by atoms with E-state index in [2.05, 4.69) is 26.5 Å². The Morgan fingerprint density at radius 2 is 2.25 bits per heavy atom. The van der Waals surface area contributed by atoms with Crippen LogP contribution in [0.1, 0.15) is 38.8 Å². The van der Waals surface area contributed by atoms with Crippen molar-refractivity contribution in [1.82, 2.24) is 19.7 Å². The van der Waals surface area contributed by atoms with Gasteiger partial charge in [-0.25, -0.2) is 9.37 Å². The Labute approximate surface area is 163 Å². The topological polar surface area (TPSA) is 109 Å². The Bertz CT molecular complexity index is 862. The number of anilines is 2. The third-order valence-corrected chi connectivity index (χ3v) is 4.94. The van der Waals surface area contributed by atoms with Gasteiger partial charge in [-0.05, 0) is 46.0 Å². The van der Waals surface area contributed by atoms with Crippen LogP contribution in [0.4, 0.5) is 16.0 Å². The van der Waals surface area contributed by atoms with Crippen molar-refractivity contribution in [3.05, 3.63) is 24.2 Å². The highest BCUT2D eigenvalue weighted by atomic mass is 19.1. The molecule has 1 aliphatic rings. The highest BCUT2D eigenvalue weighted by molar-refractivity contribution is 5.55. The number of aliphatic hydroxyl groups excluding tert-OH is 1. The Kier molecular flexibility index (Phi) is 5.79. The molecule has 9 heteroatoms. The first kappa shape index (κ1) is 20.0. The number of nitrogens with one attached hydrogen (secondary N) is 1. The van der Waals surface area contributed by atoms with Crippen LogP contribution >= 0.6 is 0 Å². The van der Waals surface area contributed by atoms with Gasteiger partial charge in [0.05, 0.1) is 36.4 Å². The lowest BCUT2D eigenvalue weighted by molar-refractivity contribution is 0.0147. The van der Waals surface area contributed by atoms with E-state index in [4.69, 9.17) is 4.74 Å². The molecule has 1 aliphatic carbocycles. The zero-order valence-electron chi connectivity index (χ0n) is 16.3. The average molecular weight is 388 g/mol. The fourth-order valence-electron chi connectivity index (χ4n) is 3.06. The molecule has 2 heterocycles. The van der Waals surface area contributed by atoms with Crippen molar-refractivity contribution in [2.24, 2.45) is 5.92 Å². The lowest BCUT2D eigenvalue weighted by Crippen LogP contribution is -2.32. The van der Waals surface area contributed by atoms with Crippen LogP contribution in [0.2, 0.25) is 0 Å². The summed E-state index contributed by atoms with van der Waals surface area (Å²) >= 11 is 0. The number of aromatic nitrogens is 4. The lowest BCUT2D eigenvalue weighted by atomic mass is 9.87. The second-order valence-electron chi connectivity index (χ2n) is 7.66. The molecule has 0 aliphatic heterocycles. The van der Waals surface area contributed by atoms with E-state index in [0.717, 1.165) is 6.42 Å². The second kappa shape index (κ2) is 8.10. The monoisotopic (exact) mass is 388 g/mol. The number of hydrogen-bond acceptors (Lipinski definition) is 7. The fourth-order valence-corrected chi connectivity index (χ4v) is 3.06. The maximum atomic E-state index is 13.6. The molecule has 28 heavy (non-hydrogen) atoms. The fraction of sp³-hybridized carbons (Fsp3) is 0.579. The molecule has 1 fully saturated rings. The molecule has 0 unspecified atom stereocenters. The Balaban J connectivity index is 1.63. The first-order valence-corrected chi connectivity index (χ1v) is 9.31. The maximum Gasteiger partial charge on any atom is 0.230 e. The van der Waals surface area contributed by atoms with Gasteiger partial charge in [-0.15, -0.1) is 0 Å². The molecule has 3 rings (SSSR count). The smallest absolute Gasteiger partial charge is 0.230 e. The summed E-state index contributed by atoms with van der Waals surface area (Å²) in [6.45, 7) is 5.73. The number of alkyl halides is 1. The van der Waals surface area contributed by atoms with E-state index >= 15 is 0 Å². The van der Waals surface area contributed by atoms with Crippen LogP contribution < -0.4 is 10.1 Å². The van der Waals surface area contributed by atoms with E-state index in [1.165, 1.54) is 0 Å². The van der Waals surface area contributed by atoms with Crippen molar-refractivity contribution in [1.29, 1.82) is 5.26 Å². The van der Waals surface area contributed by atoms with Gasteiger partial charge in [0.15, 0.2) is 0 Å². The highest BCUT2D eigenvalue weighted by Gasteiger charge is 2.29. The van der Waals surface area contributed by atoms with E-state index in [-0.39, 0.29) is 5.92 Å². The van der Waals surface area contributed by atoms with E-state index in [0.29, 0.717) is 42.7 Å². The van der Waals surface area contributed by atoms with Crippen molar-refractivity contribution in [2.75, 3.05) is 11.9 Å². The van der Waals surface area contributed by atoms with Gasteiger partial charge in [0.1, 0.15) is 11.7 Å². The molecule has 150 valence electrons. The molecule has 1 saturated carbocycles. The predicted molar refractivity (Wildman–Crippen MR) is 101 cm³/mol. The predicted octanol–water partition coefficient (Wildman–Crippen LogP) is 2.86. The van der Waals surface area contributed by atoms with Gasteiger partial charge in [0.25, 0.3) is 0 Å². The first-order chi connectivity index (χ1) is 13.3. The summed E-state index contributed by atoms with van der Waals surface area (Å²) in [6, 6.07) is 3.85. The van der Waals surface area contributed by atoms with E-state index in [1.807, 2.05) is 6.92 Å². The molecule has 0 bridgehead atoms. The summed E-state index contributed by atoms with van der Waals surface area (Å²) in [7, 11) is 0. The van der Waals surface area contributed by atoms with Gasteiger partial charge in [-0.3, -0.25) is 4.68 Å². The molecular weight excluding hydrogens is 363 g/mol. The molecule has 0 saturated heterocycles. The number of aliphatic hydroxyl groups is 1. The highest BCUT2D eigenvalue weighted by Crippen LogP contribution is 2.28.